The maximum atomic E-state index is 5.53. The number of fused-ring (bicyclic) bond motifs is 6. The molecule has 0 unspecified atom stereocenters. The first-order valence-electron chi connectivity index (χ1n) is 17.6. The normalized spacial score (nSPS) is 12.0. The monoisotopic (exact) mass is 856 g/mol. The van der Waals surface area contributed by atoms with E-state index in [1.807, 2.05) is 12.1 Å². The zero-order valence-corrected chi connectivity index (χ0v) is 32.7. The predicted octanol–water partition coefficient (Wildman–Crippen LogP) is 10.3. The maximum Gasteiger partial charge on any atom is 0.267 e. The smallest absolute Gasteiger partial charge is 0.267 e. The Balaban J connectivity index is 0.00000387. The zero-order chi connectivity index (χ0) is 35.2. The predicted molar refractivity (Wildman–Crippen MR) is 208 cm³/mol. The van der Waals surface area contributed by atoms with Gasteiger partial charge in [-0.2, -0.15) is 42.5 Å². The summed E-state index contributed by atoms with van der Waals surface area (Å²) in [7, 11) is 0. The van der Waals surface area contributed by atoms with E-state index in [0.29, 0.717) is 0 Å². The van der Waals surface area contributed by atoms with Gasteiger partial charge in [-0.3, -0.25) is 4.57 Å². The van der Waals surface area contributed by atoms with Gasteiger partial charge in [-0.25, -0.2) is 4.98 Å². The second-order valence-corrected chi connectivity index (χ2v) is 14.9. The maximum absolute atomic E-state index is 5.53. The van der Waals surface area contributed by atoms with Crippen molar-refractivity contribution in [1.29, 1.82) is 0 Å². The van der Waals surface area contributed by atoms with Crippen LogP contribution in [0.25, 0.3) is 66.6 Å². The van der Waals surface area contributed by atoms with Crippen LogP contribution in [0.15, 0.2) is 109 Å². The first kappa shape index (κ1) is 33.9. The molecule has 5 aromatic carbocycles. The Kier molecular flexibility index (Phi) is 8.11. The molecule has 52 heavy (non-hydrogen) atoms. The van der Waals surface area contributed by atoms with Crippen molar-refractivity contribution in [3.63, 3.8) is 0 Å². The molecule has 0 amide bonds. The van der Waals surface area contributed by atoms with Gasteiger partial charge >= 0.3 is 0 Å². The molecule has 4 heterocycles. The van der Waals surface area contributed by atoms with Crippen LogP contribution in [-0.2, 0) is 26.5 Å². The topological polar surface area (TPSA) is 31.6 Å². The van der Waals surface area contributed by atoms with Crippen LogP contribution in [0, 0.1) is 46.2 Å². The molecule has 0 fully saturated rings. The molecule has 0 spiro atoms. The molecular formula is C46H39N5Pt-2. The standard InChI is InChI=1S/C46H39N5.Pt/c1-29-16-22-42-38(24-29)40-27-41-39-25-30(2)17-23-43(39)51(45(41)47-44(40)50(42)35-12-9-8-10-13-35)37-15-11-14-36(26-37)49-28-48(31(3)32(49)4)34-20-18-33(19-21-34)46(5,6)7;/h8-12,14-25,27H,1-7H3;/q-2;. The Labute approximate surface area is 319 Å². The van der Waals surface area contributed by atoms with Gasteiger partial charge in [-0.15, -0.1) is 12.1 Å². The average Bonchev–Trinajstić information content (AvgIpc) is 3.73. The number of aryl methyl sites for hydroxylation is 2. The van der Waals surface area contributed by atoms with Crippen molar-refractivity contribution in [2.45, 2.75) is 53.9 Å². The van der Waals surface area contributed by atoms with Crippen LogP contribution in [0.2, 0.25) is 0 Å². The molecule has 4 aromatic heterocycles. The molecule has 0 bridgehead atoms. The van der Waals surface area contributed by atoms with E-state index in [1.165, 1.54) is 27.5 Å². The number of rotatable bonds is 4. The van der Waals surface area contributed by atoms with Crippen molar-refractivity contribution in [3.05, 3.63) is 156 Å². The Hall–Kier alpha value is -5.25. The number of pyridine rings is 1. The van der Waals surface area contributed by atoms with Crippen LogP contribution in [-0.4, -0.2) is 18.7 Å². The largest absolute Gasteiger partial charge is 0.319 e. The molecule has 0 atom stereocenters. The quantitative estimate of drug-likeness (QED) is 0.128. The third kappa shape index (κ3) is 5.33. The number of imidazole rings is 1. The molecule has 5 nitrogen and oxygen atoms in total. The van der Waals surface area contributed by atoms with E-state index >= 15 is 0 Å². The Morgan fingerprint density at radius 3 is 1.81 bits per heavy atom. The summed E-state index contributed by atoms with van der Waals surface area (Å²) in [6, 6.07) is 46.2. The number of hydrogen-bond donors (Lipinski definition) is 0. The van der Waals surface area contributed by atoms with Gasteiger partial charge in [0.2, 0.25) is 0 Å². The molecule has 0 aliphatic heterocycles. The SMILES string of the molecule is Cc1ccc2c(c1)c1cc3c4cc(C)ccc4n(-c4[c-]c(-n5[c-][n+](-c6ccc(C(C)(C)C)cc6)c(C)c5C)ccc4)c3nc1n2-c1[c-]cccc1.[Pt]. The van der Waals surface area contributed by atoms with Crippen molar-refractivity contribution in [3.8, 4) is 22.7 Å². The molecule has 0 N–H and O–H groups in total. The zero-order valence-electron chi connectivity index (χ0n) is 30.4. The Bertz CT molecular complexity index is 2810. The molecular weight excluding hydrogens is 818 g/mol. The third-order valence-electron chi connectivity index (χ3n) is 10.3. The number of para-hydroxylation sites is 1. The summed E-state index contributed by atoms with van der Waals surface area (Å²) in [6.45, 7) is 15.3. The number of aromatic nitrogens is 5. The van der Waals surface area contributed by atoms with Crippen molar-refractivity contribution >= 4 is 43.9 Å². The molecule has 260 valence electrons. The van der Waals surface area contributed by atoms with Crippen LogP contribution in [0.5, 0.6) is 0 Å². The van der Waals surface area contributed by atoms with Crippen molar-refractivity contribution < 1.29 is 25.6 Å². The van der Waals surface area contributed by atoms with Gasteiger partial charge in [-0.1, -0.05) is 67.5 Å². The van der Waals surface area contributed by atoms with Gasteiger partial charge in [0.25, 0.3) is 6.33 Å². The van der Waals surface area contributed by atoms with Gasteiger partial charge in [0, 0.05) is 48.3 Å². The van der Waals surface area contributed by atoms with Crippen molar-refractivity contribution in [2.75, 3.05) is 0 Å². The fraction of sp³-hybridized carbons (Fsp3) is 0.174. The summed E-state index contributed by atoms with van der Waals surface area (Å²) in [5.41, 5.74) is 14.0. The average molecular weight is 857 g/mol. The fourth-order valence-electron chi connectivity index (χ4n) is 7.47. The minimum Gasteiger partial charge on any atom is -0.319 e. The molecule has 9 rings (SSSR count). The summed E-state index contributed by atoms with van der Waals surface area (Å²) in [6.07, 6.45) is 3.63. The summed E-state index contributed by atoms with van der Waals surface area (Å²) in [4.78, 5) is 5.53. The van der Waals surface area contributed by atoms with Crippen LogP contribution in [0.4, 0.5) is 0 Å². The van der Waals surface area contributed by atoms with E-state index in [2.05, 4.69) is 182 Å². The molecule has 0 saturated carbocycles. The van der Waals surface area contributed by atoms with E-state index in [0.717, 1.165) is 67.2 Å². The van der Waals surface area contributed by atoms with Gasteiger partial charge in [0.1, 0.15) is 11.3 Å². The first-order chi connectivity index (χ1) is 24.6. The van der Waals surface area contributed by atoms with Gasteiger partial charge in [-0.05, 0) is 86.8 Å². The van der Waals surface area contributed by atoms with Crippen molar-refractivity contribution in [1.82, 2.24) is 18.7 Å². The summed E-state index contributed by atoms with van der Waals surface area (Å²) in [5, 5.41) is 4.61. The summed E-state index contributed by atoms with van der Waals surface area (Å²) in [5.74, 6) is 0. The third-order valence-corrected chi connectivity index (χ3v) is 10.3. The molecule has 0 aliphatic carbocycles. The minimum atomic E-state index is 0. The van der Waals surface area contributed by atoms with Crippen molar-refractivity contribution in [2.24, 2.45) is 0 Å². The molecule has 0 saturated heterocycles. The second-order valence-electron chi connectivity index (χ2n) is 14.9. The molecule has 0 aliphatic rings. The summed E-state index contributed by atoms with van der Waals surface area (Å²) >= 11 is 0. The molecule has 9 aromatic rings. The van der Waals surface area contributed by atoms with E-state index in [-0.39, 0.29) is 26.5 Å². The second kappa shape index (κ2) is 12.5. The van der Waals surface area contributed by atoms with Gasteiger partial charge in [0.15, 0.2) is 0 Å². The van der Waals surface area contributed by atoms with E-state index in [1.54, 1.807) is 0 Å². The van der Waals surface area contributed by atoms with Crippen LogP contribution >= 0.6 is 0 Å². The van der Waals surface area contributed by atoms with Crippen LogP contribution in [0.1, 0.15) is 48.8 Å². The van der Waals surface area contributed by atoms with Gasteiger partial charge in [0.05, 0.1) is 22.4 Å². The Morgan fingerprint density at radius 2 is 1.21 bits per heavy atom. The van der Waals surface area contributed by atoms with E-state index in [9.17, 15) is 0 Å². The number of benzene rings is 5. The number of nitrogens with zero attached hydrogens (tertiary/aromatic N) is 5. The van der Waals surface area contributed by atoms with Crippen LogP contribution < -0.4 is 4.57 Å². The van der Waals surface area contributed by atoms with Crippen LogP contribution in [0.3, 0.4) is 0 Å². The minimum absolute atomic E-state index is 0. The fourth-order valence-corrected chi connectivity index (χ4v) is 7.47. The molecule has 6 heteroatoms. The van der Waals surface area contributed by atoms with E-state index in [4.69, 9.17) is 4.98 Å². The van der Waals surface area contributed by atoms with E-state index < -0.39 is 0 Å². The Morgan fingerprint density at radius 1 is 0.615 bits per heavy atom. The first-order valence-corrected chi connectivity index (χ1v) is 17.6. The van der Waals surface area contributed by atoms with Gasteiger partial charge < -0.3 is 13.7 Å². The summed E-state index contributed by atoms with van der Waals surface area (Å²) < 4.78 is 8.77. The number of hydrogen-bond acceptors (Lipinski definition) is 1. The molecule has 0 radical (unpaired) electrons.